The number of fused-ring (bicyclic) bond motifs is 3. The zero-order valence-corrected chi connectivity index (χ0v) is 16.5. The van der Waals surface area contributed by atoms with E-state index >= 15 is 0 Å². The number of quaternary nitrogens is 1. The number of hydrogen-bond donors (Lipinski definition) is 1. The van der Waals surface area contributed by atoms with Crippen molar-refractivity contribution in [3.8, 4) is 5.75 Å². The van der Waals surface area contributed by atoms with E-state index in [9.17, 15) is 9.18 Å². The second kappa shape index (κ2) is 8.05. The van der Waals surface area contributed by atoms with Gasteiger partial charge in [-0.15, -0.1) is 0 Å². The van der Waals surface area contributed by atoms with Crippen molar-refractivity contribution in [3.05, 3.63) is 88.0 Å². The Morgan fingerprint density at radius 3 is 2.62 bits per heavy atom. The molecule has 29 heavy (non-hydrogen) atoms. The molecule has 148 valence electrons. The first-order valence-electron chi connectivity index (χ1n) is 9.69. The number of methoxy groups -OCH3 is 1. The van der Waals surface area contributed by atoms with Crippen molar-refractivity contribution in [2.24, 2.45) is 0 Å². The molecule has 4 nitrogen and oxygen atoms in total. The van der Waals surface area contributed by atoms with Gasteiger partial charge in [0.25, 0.3) is 0 Å². The summed E-state index contributed by atoms with van der Waals surface area (Å²) >= 11 is 0. The zero-order valence-electron chi connectivity index (χ0n) is 16.5. The molecule has 0 saturated heterocycles. The van der Waals surface area contributed by atoms with Crippen molar-refractivity contribution in [1.82, 2.24) is 0 Å². The number of hydrogen-bond acceptors (Lipinski definition) is 3. The molecule has 1 unspecified atom stereocenters. The molecule has 1 aromatic heterocycles. The average molecular weight is 392 g/mol. The lowest BCUT2D eigenvalue weighted by molar-refractivity contribution is -0.925. The summed E-state index contributed by atoms with van der Waals surface area (Å²) in [6.07, 6.45) is 0. The molecule has 0 aliphatic heterocycles. The summed E-state index contributed by atoms with van der Waals surface area (Å²) in [6.45, 7) is 4.20. The maximum absolute atomic E-state index is 14.1. The highest BCUT2D eigenvalue weighted by atomic mass is 19.1. The van der Waals surface area contributed by atoms with Gasteiger partial charge in [-0.1, -0.05) is 30.3 Å². The van der Waals surface area contributed by atoms with E-state index in [0.29, 0.717) is 18.7 Å². The van der Waals surface area contributed by atoms with Crippen LogP contribution in [0.3, 0.4) is 0 Å². The van der Waals surface area contributed by atoms with Gasteiger partial charge >= 0.3 is 5.63 Å². The fourth-order valence-electron chi connectivity index (χ4n) is 3.85. The monoisotopic (exact) mass is 392 g/mol. The van der Waals surface area contributed by atoms with E-state index in [0.717, 1.165) is 33.8 Å². The molecular formula is C24H23FNO3+. The van der Waals surface area contributed by atoms with E-state index in [2.05, 4.69) is 6.92 Å². The molecule has 5 heteroatoms. The molecule has 0 saturated carbocycles. The highest BCUT2D eigenvalue weighted by Crippen LogP contribution is 2.27. The lowest BCUT2D eigenvalue weighted by Crippen LogP contribution is -3.09. The van der Waals surface area contributed by atoms with E-state index in [1.807, 2.05) is 42.5 Å². The van der Waals surface area contributed by atoms with Gasteiger partial charge in [-0.3, -0.25) is 0 Å². The van der Waals surface area contributed by atoms with Crippen LogP contribution in [0.25, 0.3) is 21.7 Å². The Morgan fingerprint density at radius 1 is 1.03 bits per heavy atom. The van der Waals surface area contributed by atoms with Gasteiger partial charge in [0.1, 0.15) is 18.7 Å². The van der Waals surface area contributed by atoms with Crippen molar-refractivity contribution >= 4 is 21.7 Å². The van der Waals surface area contributed by atoms with E-state index < -0.39 is 0 Å². The van der Waals surface area contributed by atoms with Crippen LogP contribution in [0.2, 0.25) is 0 Å². The Hall–Kier alpha value is -3.18. The minimum atomic E-state index is -0.364. The molecule has 0 spiro atoms. The van der Waals surface area contributed by atoms with Crippen molar-refractivity contribution in [2.75, 3.05) is 13.7 Å². The Morgan fingerprint density at radius 2 is 1.86 bits per heavy atom. The van der Waals surface area contributed by atoms with Crippen molar-refractivity contribution < 1.29 is 18.4 Å². The van der Waals surface area contributed by atoms with Gasteiger partial charge < -0.3 is 14.1 Å². The molecule has 0 bridgehead atoms. The second-order valence-corrected chi connectivity index (χ2v) is 7.18. The predicted octanol–water partition coefficient (Wildman–Crippen LogP) is 3.70. The maximum atomic E-state index is 14.1. The molecule has 0 radical (unpaired) electrons. The second-order valence-electron chi connectivity index (χ2n) is 7.18. The van der Waals surface area contributed by atoms with Gasteiger partial charge in [0.2, 0.25) is 0 Å². The highest BCUT2D eigenvalue weighted by Gasteiger charge is 2.16. The van der Waals surface area contributed by atoms with Crippen LogP contribution in [0.5, 0.6) is 5.75 Å². The molecule has 0 amide bonds. The predicted molar refractivity (Wildman–Crippen MR) is 112 cm³/mol. The molecule has 1 N–H and O–H groups in total. The lowest BCUT2D eigenvalue weighted by atomic mass is 10.0. The molecular weight excluding hydrogens is 369 g/mol. The minimum Gasteiger partial charge on any atom is -0.494 e. The summed E-state index contributed by atoms with van der Waals surface area (Å²) in [4.78, 5) is 13.4. The molecule has 0 fully saturated rings. The first kappa shape index (κ1) is 19.2. The molecule has 3 aromatic carbocycles. The van der Waals surface area contributed by atoms with Gasteiger partial charge in [-0.05, 0) is 42.0 Å². The van der Waals surface area contributed by atoms with Gasteiger partial charge in [-0.2, -0.15) is 0 Å². The van der Waals surface area contributed by atoms with Gasteiger partial charge in [0.05, 0.1) is 13.7 Å². The third-order valence-corrected chi connectivity index (χ3v) is 5.33. The molecule has 1 atom stereocenters. The quantitative estimate of drug-likeness (QED) is 0.402. The van der Waals surface area contributed by atoms with Crippen LogP contribution in [-0.4, -0.2) is 13.7 Å². The topological polar surface area (TPSA) is 43.9 Å². The minimum absolute atomic E-state index is 0.241. The summed E-state index contributed by atoms with van der Waals surface area (Å²) in [6, 6.07) is 18.5. The van der Waals surface area contributed by atoms with E-state index in [1.165, 1.54) is 18.1 Å². The largest absolute Gasteiger partial charge is 0.494 e. The van der Waals surface area contributed by atoms with Gasteiger partial charge in [0, 0.05) is 22.6 Å². The van der Waals surface area contributed by atoms with Gasteiger partial charge in [0.15, 0.2) is 11.6 Å². The van der Waals surface area contributed by atoms with E-state index in [4.69, 9.17) is 9.15 Å². The fraction of sp³-hybridized carbons (Fsp3) is 0.208. The van der Waals surface area contributed by atoms with Crippen LogP contribution in [0.4, 0.5) is 4.39 Å². The summed E-state index contributed by atoms with van der Waals surface area (Å²) in [5.41, 5.74) is 2.07. The fourth-order valence-corrected chi connectivity index (χ4v) is 3.85. The first-order valence-corrected chi connectivity index (χ1v) is 9.69. The van der Waals surface area contributed by atoms with Crippen molar-refractivity contribution in [3.63, 3.8) is 0 Å². The molecule has 1 heterocycles. The summed E-state index contributed by atoms with van der Waals surface area (Å²) in [5.74, 6) is -0.123. The standard InChI is InChI=1S/C24H22FNO3/c1-3-26(14-16-8-10-21(28-2)20(25)12-16)15-18-13-23(27)29-22-11-9-17-6-4-5-7-19(17)24(18)22/h4-13H,3,14-15H2,1-2H3/p+1. The Bertz CT molecular complexity index is 1230. The van der Waals surface area contributed by atoms with Crippen molar-refractivity contribution in [1.29, 1.82) is 0 Å². The van der Waals surface area contributed by atoms with E-state index in [1.54, 1.807) is 12.1 Å². The van der Waals surface area contributed by atoms with E-state index in [-0.39, 0.29) is 17.2 Å². The van der Waals surface area contributed by atoms with Crippen LogP contribution in [0, 0.1) is 5.82 Å². The summed E-state index contributed by atoms with van der Waals surface area (Å²) < 4.78 is 24.5. The number of nitrogens with one attached hydrogen (secondary N) is 1. The van der Waals surface area contributed by atoms with Crippen LogP contribution >= 0.6 is 0 Å². The first-order chi connectivity index (χ1) is 14.1. The molecule has 4 aromatic rings. The Balaban J connectivity index is 1.72. The third-order valence-electron chi connectivity index (χ3n) is 5.33. The maximum Gasteiger partial charge on any atom is 0.336 e. The number of ether oxygens (including phenoxy) is 1. The van der Waals surface area contributed by atoms with Crippen LogP contribution in [-0.2, 0) is 13.1 Å². The van der Waals surface area contributed by atoms with Crippen LogP contribution < -0.4 is 15.3 Å². The lowest BCUT2D eigenvalue weighted by Gasteiger charge is -2.19. The van der Waals surface area contributed by atoms with Crippen molar-refractivity contribution in [2.45, 2.75) is 20.0 Å². The molecule has 0 aliphatic carbocycles. The number of benzene rings is 3. The normalized spacial score (nSPS) is 12.4. The van der Waals surface area contributed by atoms with Crippen LogP contribution in [0.1, 0.15) is 18.1 Å². The smallest absolute Gasteiger partial charge is 0.336 e. The molecule has 4 rings (SSSR count). The summed E-state index contributed by atoms with van der Waals surface area (Å²) in [5, 5.41) is 3.13. The third kappa shape index (κ3) is 3.87. The zero-order chi connectivity index (χ0) is 20.4. The van der Waals surface area contributed by atoms with Gasteiger partial charge in [-0.25, -0.2) is 9.18 Å². The highest BCUT2D eigenvalue weighted by molar-refractivity contribution is 6.06. The average Bonchev–Trinajstić information content (AvgIpc) is 2.72. The molecule has 0 aliphatic rings. The number of halogens is 1. The summed E-state index contributed by atoms with van der Waals surface area (Å²) in [7, 11) is 1.46. The SMILES string of the molecule is CC[NH+](Cc1ccc(OC)c(F)c1)Cc1cc(=O)oc2ccc3ccccc3c12. The Labute approximate surface area is 168 Å². The Kier molecular flexibility index (Phi) is 5.32. The number of rotatable bonds is 6. The van der Waals surface area contributed by atoms with Crippen LogP contribution in [0.15, 0.2) is 69.9 Å².